The zero-order valence-electron chi connectivity index (χ0n) is 28.5. The number of amidine groups is 1. The van der Waals surface area contributed by atoms with Crippen LogP contribution in [0.4, 0.5) is 17.6 Å². The molecule has 0 amide bonds. The first-order chi connectivity index (χ1) is 21.2. The standard InChI is InChI=1S/C28H33FN2.C9H9F3.C2H6/c1-8-10-24(25-16-19(4)18(3)15-20(25)5)23(9-2)27-30-17-26(31-27)28(6,7)21-11-13-22(29)14-12-21;1-2-7-3-5-8(6-4-7)9(10,11)12;1-2/h9-16H,8,17H2,1-7H3;3-6H,2H2,1H3;1-2H3/b23-9+,24-10?;;. The molecule has 3 aromatic rings. The molecule has 3 aromatic carbocycles. The third-order valence-electron chi connectivity index (χ3n) is 7.96. The van der Waals surface area contributed by atoms with Gasteiger partial charge in [-0.25, -0.2) is 9.38 Å². The number of hydrogen-bond acceptors (Lipinski definition) is 2. The van der Waals surface area contributed by atoms with Gasteiger partial charge in [0.25, 0.3) is 0 Å². The van der Waals surface area contributed by atoms with Gasteiger partial charge in [0.05, 0.1) is 17.8 Å². The van der Waals surface area contributed by atoms with Crippen molar-refractivity contribution in [1.82, 2.24) is 0 Å². The van der Waals surface area contributed by atoms with E-state index in [0.29, 0.717) is 6.54 Å². The van der Waals surface area contributed by atoms with E-state index in [1.54, 1.807) is 0 Å². The Morgan fingerprint density at radius 2 is 1.36 bits per heavy atom. The number of rotatable bonds is 7. The van der Waals surface area contributed by atoms with Crippen molar-refractivity contribution in [3.05, 3.63) is 123 Å². The number of hydrogen-bond donors (Lipinski definition) is 0. The Hall–Kier alpha value is -3.80. The van der Waals surface area contributed by atoms with Gasteiger partial charge in [-0.2, -0.15) is 13.2 Å². The van der Waals surface area contributed by atoms with Crippen molar-refractivity contribution in [3.63, 3.8) is 0 Å². The van der Waals surface area contributed by atoms with Gasteiger partial charge in [-0.1, -0.05) is 90.1 Å². The molecule has 0 saturated heterocycles. The minimum Gasteiger partial charge on any atom is -0.260 e. The van der Waals surface area contributed by atoms with E-state index in [0.717, 1.165) is 53.2 Å². The monoisotopic (exact) mass is 620 g/mol. The van der Waals surface area contributed by atoms with E-state index in [1.165, 1.54) is 52.1 Å². The molecule has 0 aliphatic carbocycles. The number of allylic oxidation sites excluding steroid dienone is 2. The molecule has 242 valence electrons. The van der Waals surface area contributed by atoms with Gasteiger partial charge in [0.15, 0.2) is 5.84 Å². The average Bonchev–Trinajstić information content (AvgIpc) is 3.51. The van der Waals surface area contributed by atoms with Crippen molar-refractivity contribution >= 4 is 17.1 Å². The highest BCUT2D eigenvalue weighted by Gasteiger charge is 2.31. The van der Waals surface area contributed by atoms with Crippen molar-refractivity contribution in [2.45, 2.75) is 93.7 Å². The molecule has 4 rings (SSSR count). The summed E-state index contributed by atoms with van der Waals surface area (Å²) < 4.78 is 49.5. The number of halogens is 4. The van der Waals surface area contributed by atoms with Gasteiger partial charge in [-0.05, 0) is 104 Å². The third kappa shape index (κ3) is 9.59. The van der Waals surface area contributed by atoms with Gasteiger partial charge in [0, 0.05) is 11.0 Å². The van der Waals surface area contributed by atoms with Crippen LogP contribution >= 0.6 is 0 Å². The van der Waals surface area contributed by atoms with Crippen molar-refractivity contribution in [1.29, 1.82) is 0 Å². The predicted octanol–water partition coefficient (Wildman–Crippen LogP) is 11.6. The van der Waals surface area contributed by atoms with Crippen molar-refractivity contribution in [3.8, 4) is 0 Å². The molecular weight excluding hydrogens is 572 g/mol. The van der Waals surface area contributed by atoms with Crippen molar-refractivity contribution in [2.75, 3.05) is 6.54 Å². The van der Waals surface area contributed by atoms with E-state index < -0.39 is 11.7 Å². The normalized spacial score (nSPS) is 13.7. The fourth-order valence-corrected chi connectivity index (χ4v) is 5.02. The number of nitrogens with zero attached hydrogens (tertiary/aromatic N) is 2. The first-order valence-corrected chi connectivity index (χ1v) is 15.7. The van der Waals surface area contributed by atoms with Crippen LogP contribution in [-0.2, 0) is 18.0 Å². The van der Waals surface area contributed by atoms with E-state index in [-0.39, 0.29) is 11.2 Å². The summed E-state index contributed by atoms with van der Waals surface area (Å²) in [6.07, 6.45) is 1.87. The zero-order chi connectivity index (χ0) is 33.9. The molecule has 1 heterocycles. The molecule has 6 heteroatoms. The van der Waals surface area contributed by atoms with Gasteiger partial charge in [-0.3, -0.25) is 4.99 Å². The molecule has 0 N–H and O–H groups in total. The number of alkyl halides is 3. The van der Waals surface area contributed by atoms with Crippen LogP contribution in [0.2, 0.25) is 0 Å². The number of aryl methyl sites for hydroxylation is 4. The molecule has 1 aliphatic heterocycles. The van der Waals surface area contributed by atoms with Gasteiger partial charge in [-0.15, -0.1) is 0 Å². The quantitative estimate of drug-likeness (QED) is 0.185. The smallest absolute Gasteiger partial charge is 0.260 e. The van der Waals surface area contributed by atoms with Crippen LogP contribution in [0.25, 0.3) is 5.57 Å². The fraction of sp³-hybridized carbons (Fsp3) is 0.385. The summed E-state index contributed by atoms with van der Waals surface area (Å²) in [7, 11) is 0. The van der Waals surface area contributed by atoms with Gasteiger partial charge < -0.3 is 0 Å². The van der Waals surface area contributed by atoms with Crippen LogP contribution in [0.1, 0.15) is 93.8 Å². The van der Waals surface area contributed by atoms with Crippen LogP contribution in [-0.4, -0.2) is 18.1 Å². The lowest BCUT2D eigenvalue weighted by Gasteiger charge is -2.25. The molecule has 2 nitrogen and oxygen atoms in total. The molecule has 0 unspecified atom stereocenters. The highest BCUT2D eigenvalue weighted by atomic mass is 19.4. The van der Waals surface area contributed by atoms with E-state index in [4.69, 9.17) is 9.98 Å². The molecule has 0 aromatic heterocycles. The second-order valence-electron chi connectivity index (χ2n) is 11.4. The van der Waals surface area contributed by atoms with Gasteiger partial charge in [0.2, 0.25) is 0 Å². The summed E-state index contributed by atoms with van der Waals surface area (Å²) in [6.45, 7) is 21.4. The Morgan fingerprint density at radius 3 is 1.87 bits per heavy atom. The molecule has 1 aliphatic rings. The van der Waals surface area contributed by atoms with Crippen LogP contribution in [0.3, 0.4) is 0 Å². The van der Waals surface area contributed by atoms with Crippen LogP contribution in [0.15, 0.2) is 88.4 Å². The Kier molecular flexibility index (Phi) is 13.7. The molecule has 0 spiro atoms. The average molecular weight is 621 g/mol. The summed E-state index contributed by atoms with van der Waals surface area (Å²) in [5, 5.41) is 0. The predicted molar refractivity (Wildman–Crippen MR) is 184 cm³/mol. The van der Waals surface area contributed by atoms with Crippen molar-refractivity contribution in [2.24, 2.45) is 9.98 Å². The minimum atomic E-state index is -4.22. The van der Waals surface area contributed by atoms with Crippen LogP contribution in [0, 0.1) is 26.6 Å². The third-order valence-corrected chi connectivity index (χ3v) is 7.96. The lowest BCUT2D eigenvalue weighted by atomic mass is 9.80. The van der Waals surface area contributed by atoms with E-state index in [2.05, 4.69) is 72.8 Å². The Balaban J connectivity index is 0.000000421. The maximum absolute atomic E-state index is 13.4. The second-order valence-corrected chi connectivity index (χ2v) is 11.4. The maximum Gasteiger partial charge on any atom is 0.416 e. The molecule has 0 bridgehead atoms. The van der Waals surface area contributed by atoms with Crippen LogP contribution in [0.5, 0.6) is 0 Å². The van der Waals surface area contributed by atoms with Gasteiger partial charge >= 0.3 is 6.18 Å². The molecule has 0 fully saturated rings. The van der Waals surface area contributed by atoms with Crippen LogP contribution < -0.4 is 0 Å². The van der Waals surface area contributed by atoms with E-state index in [9.17, 15) is 17.6 Å². The second kappa shape index (κ2) is 16.5. The number of benzene rings is 3. The van der Waals surface area contributed by atoms with Crippen molar-refractivity contribution < 1.29 is 17.6 Å². The van der Waals surface area contributed by atoms with E-state index >= 15 is 0 Å². The lowest BCUT2D eigenvalue weighted by Crippen LogP contribution is -2.30. The molecule has 0 atom stereocenters. The topological polar surface area (TPSA) is 24.7 Å². The minimum absolute atomic E-state index is 0.223. The summed E-state index contributed by atoms with van der Waals surface area (Å²) >= 11 is 0. The Labute approximate surface area is 267 Å². The lowest BCUT2D eigenvalue weighted by molar-refractivity contribution is -0.137. The Morgan fingerprint density at radius 1 is 0.800 bits per heavy atom. The summed E-state index contributed by atoms with van der Waals surface area (Å²) in [6, 6.07) is 16.5. The summed E-state index contributed by atoms with van der Waals surface area (Å²) in [5.41, 5.74) is 9.41. The highest BCUT2D eigenvalue weighted by molar-refractivity contribution is 6.20. The largest absolute Gasteiger partial charge is 0.416 e. The maximum atomic E-state index is 13.4. The number of aliphatic imine (C=N–C) groups is 2. The zero-order valence-corrected chi connectivity index (χ0v) is 28.5. The first-order valence-electron chi connectivity index (χ1n) is 15.7. The summed E-state index contributed by atoms with van der Waals surface area (Å²) in [5.74, 6) is 0.559. The van der Waals surface area contributed by atoms with E-state index in [1.807, 2.05) is 32.9 Å². The SMILES string of the molecule is C/C=C(\C(=CCC)c1cc(C)c(C)cc1C)C1=NCC(C(C)(C)c2ccc(F)cc2)=N1.CC.CCc1ccc(C(F)(F)F)cc1. The Bertz CT molecular complexity index is 1540. The fourth-order valence-electron chi connectivity index (χ4n) is 5.02. The molecular formula is C39H48F4N2. The molecule has 0 saturated carbocycles. The summed E-state index contributed by atoms with van der Waals surface area (Å²) in [4.78, 5) is 9.82. The molecule has 0 radical (unpaired) electrons. The van der Waals surface area contributed by atoms with Gasteiger partial charge in [0.1, 0.15) is 5.82 Å². The highest BCUT2D eigenvalue weighted by Crippen LogP contribution is 2.33. The molecule has 45 heavy (non-hydrogen) atoms. The first kappa shape index (κ1) is 37.4.